The van der Waals surface area contributed by atoms with Crippen molar-refractivity contribution in [3.63, 3.8) is 0 Å². The molecule has 5 rings (SSSR count). The SMILES string of the molecule is O=C(O)C(Cc1ccc2c(c1)CCN2C(=O)c1c(Cl)cncc1Cl)N=C1C(Br)C(=O)C12CCCCC2. The van der Waals surface area contributed by atoms with E-state index in [1.807, 2.05) is 18.2 Å². The number of halogens is 3. The van der Waals surface area contributed by atoms with E-state index >= 15 is 0 Å². The average Bonchev–Trinajstić information content (AvgIpc) is 3.29. The first kappa shape index (κ1) is 25.4. The van der Waals surface area contributed by atoms with Crippen molar-refractivity contribution in [2.45, 2.75) is 55.8 Å². The number of benzene rings is 1. The van der Waals surface area contributed by atoms with Crippen molar-refractivity contribution in [1.29, 1.82) is 0 Å². The molecule has 2 fully saturated rings. The Bertz CT molecular complexity index is 1270. The smallest absolute Gasteiger partial charge is 0.328 e. The van der Waals surface area contributed by atoms with Crippen LogP contribution in [0.3, 0.4) is 0 Å². The van der Waals surface area contributed by atoms with Crippen LogP contribution in [-0.2, 0) is 22.4 Å². The second-order valence-corrected chi connectivity index (χ2v) is 11.3. The molecule has 1 N–H and O–H groups in total. The summed E-state index contributed by atoms with van der Waals surface area (Å²) in [6, 6.07) is 4.60. The molecular formula is C26H24BrCl2N3O4. The quantitative estimate of drug-likeness (QED) is 0.473. The summed E-state index contributed by atoms with van der Waals surface area (Å²) in [7, 11) is 0. The van der Waals surface area contributed by atoms with Gasteiger partial charge in [0.25, 0.3) is 5.91 Å². The van der Waals surface area contributed by atoms with Gasteiger partial charge >= 0.3 is 5.97 Å². The molecule has 36 heavy (non-hydrogen) atoms. The predicted octanol–water partition coefficient (Wildman–Crippen LogP) is 5.32. The van der Waals surface area contributed by atoms with Crippen LogP contribution >= 0.6 is 39.1 Å². The van der Waals surface area contributed by atoms with Crippen molar-refractivity contribution in [2.24, 2.45) is 10.4 Å². The summed E-state index contributed by atoms with van der Waals surface area (Å²) in [6.45, 7) is 0.465. The lowest BCUT2D eigenvalue weighted by Gasteiger charge is -2.47. The number of carboxylic acids is 1. The second kappa shape index (κ2) is 9.88. The number of carbonyl (C=O) groups is 3. The molecule has 2 aromatic rings. The van der Waals surface area contributed by atoms with Gasteiger partial charge in [0.05, 0.1) is 21.0 Å². The molecule has 188 valence electrons. The Morgan fingerprint density at radius 1 is 1.19 bits per heavy atom. The van der Waals surface area contributed by atoms with E-state index in [-0.39, 0.29) is 33.7 Å². The molecule has 0 bridgehead atoms. The van der Waals surface area contributed by atoms with Gasteiger partial charge in [0.1, 0.15) is 4.83 Å². The molecule has 2 atom stereocenters. The summed E-state index contributed by atoms with van der Waals surface area (Å²) in [4.78, 5) is 47.7. The second-order valence-electron chi connectivity index (χ2n) is 9.59. The van der Waals surface area contributed by atoms with Gasteiger partial charge in [0.2, 0.25) is 0 Å². The van der Waals surface area contributed by atoms with Crippen LogP contribution < -0.4 is 4.90 Å². The molecule has 2 unspecified atom stereocenters. The normalized spacial score (nSPS) is 22.4. The van der Waals surface area contributed by atoms with Gasteiger partial charge in [-0.25, -0.2) is 4.79 Å². The number of carbonyl (C=O) groups excluding carboxylic acids is 2. The summed E-state index contributed by atoms with van der Waals surface area (Å²) in [5.41, 5.74) is 2.81. The average molecular weight is 593 g/mol. The monoisotopic (exact) mass is 591 g/mol. The van der Waals surface area contributed by atoms with E-state index < -0.39 is 22.3 Å². The van der Waals surface area contributed by atoms with Gasteiger partial charge < -0.3 is 10.0 Å². The Labute approximate surface area is 227 Å². The van der Waals surface area contributed by atoms with Crippen LogP contribution in [-0.4, -0.2) is 50.9 Å². The summed E-state index contributed by atoms with van der Waals surface area (Å²) in [5, 5.41) is 10.3. The van der Waals surface area contributed by atoms with Crippen molar-refractivity contribution in [3.05, 3.63) is 57.3 Å². The fourth-order valence-electron chi connectivity index (χ4n) is 5.63. The first-order chi connectivity index (χ1) is 17.2. The number of anilines is 1. The minimum absolute atomic E-state index is 0.127. The molecule has 0 radical (unpaired) electrons. The number of pyridine rings is 1. The third kappa shape index (κ3) is 4.27. The number of aromatic nitrogens is 1. The minimum Gasteiger partial charge on any atom is -0.480 e. The van der Waals surface area contributed by atoms with Crippen LogP contribution in [0.1, 0.15) is 53.6 Å². The number of alkyl halides is 1. The van der Waals surface area contributed by atoms with E-state index in [1.165, 1.54) is 12.4 Å². The standard InChI is InChI=1S/C26H24BrCl2N3O4/c27-21-22(26(23(21)33)7-2-1-3-8-26)31-18(25(35)36)11-14-4-5-19-15(10-14)6-9-32(19)24(34)20-16(28)12-30-13-17(20)29/h4-5,10,12-13,18,21H,1-3,6-9,11H2,(H,35,36). The number of fused-ring (bicyclic) bond motifs is 1. The summed E-state index contributed by atoms with van der Waals surface area (Å²) in [5.74, 6) is -1.20. The highest BCUT2D eigenvalue weighted by atomic mass is 79.9. The van der Waals surface area contributed by atoms with E-state index in [0.29, 0.717) is 18.7 Å². The van der Waals surface area contributed by atoms with Crippen LogP contribution in [0, 0.1) is 5.41 Å². The van der Waals surface area contributed by atoms with E-state index in [4.69, 9.17) is 23.2 Å². The third-order valence-electron chi connectivity index (χ3n) is 7.50. The highest BCUT2D eigenvalue weighted by Crippen LogP contribution is 2.49. The molecule has 1 amide bonds. The number of nitrogens with zero attached hydrogens (tertiary/aromatic N) is 3. The number of hydrogen-bond acceptors (Lipinski definition) is 5. The topological polar surface area (TPSA) is 99.9 Å². The Kier molecular flexibility index (Phi) is 6.96. The Balaban J connectivity index is 1.38. The maximum atomic E-state index is 13.2. The highest BCUT2D eigenvalue weighted by molar-refractivity contribution is 9.10. The number of rotatable bonds is 5. The molecule has 1 aliphatic heterocycles. The fourth-order valence-corrected chi connectivity index (χ4v) is 7.15. The number of aliphatic carboxylic acids is 1. The van der Waals surface area contributed by atoms with Gasteiger partial charge in [-0.3, -0.25) is 19.6 Å². The predicted molar refractivity (Wildman–Crippen MR) is 142 cm³/mol. The molecule has 2 heterocycles. The van der Waals surface area contributed by atoms with Crippen LogP contribution in [0.5, 0.6) is 0 Å². The van der Waals surface area contributed by atoms with Crippen molar-refractivity contribution < 1.29 is 19.5 Å². The molecule has 10 heteroatoms. The first-order valence-corrected chi connectivity index (χ1v) is 13.6. The van der Waals surface area contributed by atoms with Gasteiger partial charge in [-0.2, -0.15) is 0 Å². The van der Waals surface area contributed by atoms with Crippen molar-refractivity contribution in [3.8, 4) is 0 Å². The van der Waals surface area contributed by atoms with E-state index in [0.717, 1.165) is 48.9 Å². The molecule has 2 aliphatic carbocycles. The number of carboxylic acid groups (broad SMARTS) is 1. The van der Waals surface area contributed by atoms with E-state index in [2.05, 4.69) is 25.9 Å². The van der Waals surface area contributed by atoms with Crippen molar-refractivity contribution >= 4 is 68.2 Å². The van der Waals surface area contributed by atoms with Crippen LogP contribution in [0.15, 0.2) is 35.6 Å². The van der Waals surface area contributed by atoms with Gasteiger partial charge in [0, 0.05) is 36.8 Å². The van der Waals surface area contributed by atoms with Gasteiger partial charge in [-0.05, 0) is 36.5 Å². The largest absolute Gasteiger partial charge is 0.480 e. The zero-order chi connectivity index (χ0) is 25.6. The van der Waals surface area contributed by atoms with Crippen molar-refractivity contribution in [1.82, 2.24) is 4.98 Å². The number of ketones is 1. The number of amides is 1. The summed E-state index contributed by atoms with van der Waals surface area (Å²) >= 11 is 15.8. The Morgan fingerprint density at radius 2 is 1.89 bits per heavy atom. The molecule has 2 saturated carbocycles. The Morgan fingerprint density at radius 3 is 2.56 bits per heavy atom. The van der Waals surface area contributed by atoms with Crippen LogP contribution in [0.25, 0.3) is 0 Å². The lowest BCUT2D eigenvalue weighted by Crippen LogP contribution is -2.61. The molecular weight excluding hydrogens is 569 g/mol. The zero-order valence-electron chi connectivity index (χ0n) is 19.3. The third-order valence-corrected chi connectivity index (χ3v) is 8.92. The Hall–Kier alpha value is -2.29. The number of aliphatic imine (C=N–C) groups is 1. The first-order valence-electron chi connectivity index (χ1n) is 11.9. The van der Waals surface area contributed by atoms with Crippen LogP contribution in [0.2, 0.25) is 10.0 Å². The van der Waals surface area contributed by atoms with Crippen LogP contribution in [0.4, 0.5) is 5.69 Å². The lowest BCUT2D eigenvalue weighted by molar-refractivity contribution is -0.138. The van der Waals surface area contributed by atoms with Crippen molar-refractivity contribution in [2.75, 3.05) is 11.4 Å². The number of Topliss-reactive ketones (excluding diaryl/α,β-unsaturated/α-hetero) is 1. The van der Waals surface area contributed by atoms with Gasteiger partial charge in [0.15, 0.2) is 11.8 Å². The molecule has 1 aromatic heterocycles. The van der Waals surface area contributed by atoms with E-state index in [9.17, 15) is 19.5 Å². The summed E-state index contributed by atoms with van der Waals surface area (Å²) in [6.07, 6.45) is 8.09. The van der Waals surface area contributed by atoms with Gasteiger partial charge in [-0.1, -0.05) is 70.5 Å². The molecule has 1 spiro atoms. The van der Waals surface area contributed by atoms with Gasteiger partial charge in [-0.15, -0.1) is 0 Å². The fraction of sp³-hybridized carbons (Fsp3) is 0.423. The zero-order valence-corrected chi connectivity index (χ0v) is 22.4. The maximum absolute atomic E-state index is 13.2. The summed E-state index contributed by atoms with van der Waals surface area (Å²) < 4.78 is 0. The minimum atomic E-state index is -1.02. The van der Waals surface area contributed by atoms with E-state index in [1.54, 1.807) is 4.90 Å². The molecule has 3 aliphatic rings. The number of hydrogen-bond donors (Lipinski definition) is 1. The highest BCUT2D eigenvalue weighted by Gasteiger charge is 2.58. The molecule has 0 saturated heterocycles. The maximum Gasteiger partial charge on any atom is 0.328 e. The molecule has 7 nitrogen and oxygen atoms in total. The lowest BCUT2D eigenvalue weighted by atomic mass is 9.58. The molecule has 1 aromatic carbocycles.